The van der Waals surface area contributed by atoms with Crippen LogP contribution in [0.2, 0.25) is 0 Å². The van der Waals surface area contributed by atoms with Gasteiger partial charge in [-0.3, -0.25) is 0 Å². The molecule has 0 saturated heterocycles. The van der Waals surface area contributed by atoms with Gasteiger partial charge in [0.2, 0.25) is 0 Å². The number of hydrogen-bond acceptors (Lipinski definition) is 2. The predicted octanol–water partition coefficient (Wildman–Crippen LogP) is 2.09. The Hall–Kier alpha value is -0.550. The van der Waals surface area contributed by atoms with Gasteiger partial charge >= 0.3 is 0 Å². The van der Waals surface area contributed by atoms with Gasteiger partial charge in [0, 0.05) is 5.41 Å². The number of nitrogens with zero attached hydrogens (tertiary/aromatic N) is 1. The van der Waals surface area contributed by atoms with Gasteiger partial charge in [0.1, 0.15) is 0 Å². The molecule has 2 saturated carbocycles. The van der Waals surface area contributed by atoms with E-state index >= 15 is 0 Å². The van der Waals surface area contributed by atoms with Crippen LogP contribution >= 0.6 is 0 Å². The van der Waals surface area contributed by atoms with Gasteiger partial charge in [-0.1, -0.05) is 20.8 Å². The summed E-state index contributed by atoms with van der Waals surface area (Å²) in [6.45, 7) is 6.46. The van der Waals surface area contributed by atoms with Crippen LogP contribution in [0.4, 0.5) is 0 Å². The van der Waals surface area contributed by atoms with E-state index < -0.39 is 5.60 Å². The first-order chi connectivity index (χ1) is 5.87. The lowest BCUT2D eigenvalue weighted by molar-refractivity contribution is -0.0448. The Morgan fingerprint density at radius 1 is 1.38 bits per heavy atom. The van der Waals surface area contributed by atoms with Crippen LogP contribution in [0.25, 0.3) is 0 Å². The van der Waals surface area contributed by atoms with E-state index in [2.05, 4.69) is 26.8 Å². The molecular formula is C11H17NO. The topological polar surface area (TPSA) is 44.0 Å². The quantitative estimate of drug-likeness (QED) is 0.579. The van der Waals surface area contributed by atoms with Crippen LogP contribution in [0, 0.1) is 28.1 Å². The van der Waals surface area contributed by atoms with Crippen LogP contribution in [-0.2, 0) is 0 Å². The Morgan fingerprint density at radius 3 is 2.23 bits per heavy atom. The maximum atomic E-state index is 10.2. The van der Waals surface area contributed by atoms with Gasteiger partial charge in [-0.2, -0.15) is 5.26 Å². The Morgan fingerprint density at radius 2 is 2.00 bits per heavy atom. The van der Waals surface area contributed by atoms with Crippen LogP contribution in [0.3, 0.4) is 0 Å². The molecule has 0 aliphatic heterocycles. The monoisotopic (exact) mass is 179 g/mol. The molecule has 72 valence electrons. The molecule has 0 spiro atoms. The van der Waals surface area contributed by atoms with Gasteiger partial charge in [0.15, 0.2) is 5.60 Å². The smallest absolute Gasteiger partial charge is 0.157 e. The van der Waals surface area contributed by atoms with Gasteiger partial charge in [-0.15, -0.1) is 0 Å². The van der Waals surface area contributed by atoms with Crippen molar-refractivity contribution in [2.45, 2.75) is 45.6 Å². The molecule has 0 amide bonds. The zero-order valence-corrected chi connectivity index (χ0v) is 8.59. The van der Waals surface area contributed by atoms with Crippen LogP contribution in [0.15, 0.2) is 0 Å². The molecule has 2 bridgehead atoms. The average Bonchev–Trinajstić information content (AvgIpc) is 2.36. The Balaban J connectivity index is 2.51. The summed E-state index contributed by atoms with van der Waals surface area (Å²) < 4.78 is 0. The first-order valence-corrected chi connectivity index (χ1v) is 5.01. The summed E-state index contributed by atoms with van der Waals surface area (Å²) in [4.78, 5) is 0. The molecule has 13 heavy (non-hydrogen) atoms. The van der Waals surface area contributed by atoms with Crippen molar-refractivity contribution in [2.24, 2.45) is 16.7 Å². The molecule has 0 radical (unpaired) electrons. The number of fused-ring (bicyclic) bond motifs is 2. The molecule has 0 aromatic carbocycles. The van der Waals surface area contributed by atoms with Crippen LogP contribution in [-0.4, -0.2) is 10.7 Å². The van der Waals surface area contributed by atoms with Crippen molar-refractivity contribution in [1.29, 1.82) is 5.26 Å². The largest absolute Gasteiger partial charge is 0.375 e. The fraction of sp³-hybridized carbons (Fsp3) is 0.909. The Kier molecular flexibility index (Phi) is 1.45. The molecule has 1 N–H and O–H groups in total. The predicted molar refractivity (Wildman–Crippen MR) is 49.8 cm³/mol. The lowest BCUT2D eigenvalue weighted by Crippen LogP contribution is -2.45. The van der Waals surface area contributed by atoms with Crippen molar-refractivity contribution in [2.75, 3.05) is 0 Å². The highest BCUT2D eigenvalue weighted by Gasteiger charge is 2.68. The minimum absolute atomic E-state index is 0.123. The molecule has 0 aromatic heterocycles. The number of rotatable bonds is 0. The summed E-state index contributed by atoms with van der Waals surface area (Å²) in [5, 5.41) is 19.3. The van der Waals surface area contributed by atoms with Crippen LogP contribution in [0.1, 0.15) is 40.0 Å². The molecule has 2 fully saturated rings. The summed E-state index contributed by atoms with van der Waals surface area (Å²) >= 11 is 0. The van der Waals surface area contributed by atoms with Crippen molar-refractivity contribution in [3.8, 4) is 6.07 Å². The zero-order chi connectivity index (χ0) is 9.91. The standard InChI is InChI=1S/C11H17NO/c1-9(2)8-4-5-10(9,3)11(13,6-8)7-12/h8,13H,4-6H2,1-3H3/t8-,10-,11?/m1/s1. The Labute approximate surface area is 79.6 Å². The van der Waals surface area contributed by atoms with Gasteiger partial charge in [0.05, 0.1) is 6.07 Å². The van der Waals surface area contributed by atoms with Crippen molar-refractivity contribution in [3.05, 3.63) is 0 Å². The minimum atomic E-state index is -1.07. The molecule has 2 heteroatoms. The summed E-state index contributed by atoms with van der Waals surface area (Å²) in [5.74, 6) is 0.530. The van der Waals surface area contributed by atoms with Crippen molar-refractivity contribution in [3.63, 3.8) is 0 Å². The molecule has 0 aromatic rings. The van der Waals surface area contributed by atoms with Crippen molar-refractivity contribution < 1.29 is 5.11 Å². The lowest BCUT2D eigenvalue weighted by atomic mass is 9.65. The van der Waals surface area contributed by atoms with E-state index in [1.807, 2.05) is 0 Å². The fourth-order valence-electron chi connectivity index (χ4n) is 3.44. The van der Waals surface area contributed by atoms with E-state index in [0.29, 0.717) is 12.3 Å². The third-order valence-electron chi connectivity index (χ3n) is 5.08. The number of nitriles is 1. The summed E-state index contributed by atoms with van der Waals surface area (Å²) in [6, 6.07) is 2.12. The third kappa shape index (κ3) is 0.729. The third-order valence-corrected chi connectivity index (χ3v) is 5.08. The lowest BCUT2D eigenvalue weighted by Gasteiger charge is -2.40. The summed E-state index contributed by atoms with van der Waals surface area (Å²) in [5.41, 5.74) is -1.14. The van der Waals surface area contributed by atoms with E-state index in [0.717, 1.165) is 6.42 Å². The maximum Gasteiger partial charge on any atom is 0.157 e. The van der Waals surface area contributed by atoms with E-state index in [1.54, 1.807) is 0 Å². The van der Waals surface area contributed by atoms with Crippen molar-refractivity contribution >= 4 is 0 Å². The second kappa shape index (κ2) is 2.09. The highest BCUT2D eigenvalue weighted by atomic mass is 16.3. The highest BCUT2D eigenvalue weighted by molar-refractivity contribution is 5.25. The van der Waals surface area contributed by atoms with Gasteiger partial charge < -0.3 is 5.11 Å². The maximum absolute atomic E-state index is 10.2. The van der Waals surface area contributed by atoms with Gasteiger partial charge in [-0.05, 0) is 30.6 Å². The summed E-state index contributed by atoms with van der Waals surface area (Å²) in [6.07, 6.45) is 2.84. The minimum Gasteiger partial charge on any atom is -0.375 e. The summed E-state index contributed by atoms with van der Waals surface area (Å²) in [7, 11) is 0. The molecule has 1 unspecified atom stereocenters. The molecule has 0 heterocycles. The number of aliphatic hydroxyl groups is 1. The molecule has 3 atom stereocenters. The van der Waals surface area contributed by atoms with E-state index in [1.165, 1.54) is 6.42 Å². The fourth-order valence-corrected chi connectivity index (χ4v) is 3.44. The molecule has 2 aliphatic rings. The molecular weight excluding hydrogens is 162 g/mol. The van der Waals surface area contributed by atoms with E-state index in [-0.39, 0.29) is 10.8 Å². The van der Waals surface area contributed by atoms with Gasteiger partial charge in [-0.25, -0.2) is 0 Å². The van der Waals surface area contributed by atoms with E-state index in [4.69, 9.17) is 5.26 Å². The van der Waals surface area contributed by atoms with E-state index in [9.17, 15) is 5.11 Å². The van der Waals surface area contributed by atoms with Crippen LogP contribution < -0.4 is 0 Å². The average molecular weight is 179 g/mol. The zero-order valence-electron chi connectivity index (χ0n) is 8.59. The number of hydrogen-bond donors (Lipinski definition) is 1. The molecule has 2 rings (SSSR count). The highest BCUT2D eigenvalue weighted by Crippen LogP contribution is 2.69. The second-order valence-electron chi connectivity index (χ2n) is 5.47. The SMILES string of the molecule is CC1(C)[C@@H]2CC[C@@]1(C)C(O)(C#N)C2. The first kappa shape index (κ1) is 9.02. The van der Waals surface area contributed by atoms with Crippen molar-refractivity contribution in [1.82, 2.24) is 0 Å². The Bertz CT molecular complexity index is 291. The normalized spacial score (nSPS) is 52.1. The molecule has 2 aliphatic carbocycles. The first-order valence-electron chi connectivity index (χ1n) is 5.01. The second-order valence-corrected chi connectivity index (χ2v) is 5.47. The molecule has 2 nitrogen and oxygen atoms in total. The van der Waals surface area contributed by atoms with Crippen LogP contribution in [0.5, 0.6) is 0 Å². The van der Waals surface area contributed by atoms with Gasteiger partial charge in [0.25, 0.3) is 0 Å².